The van der Waals surface area contributed by atoms with Crippen LogP contribution in [-0.2, 0) is 6.54 Å². The van der Waals surface area contributed by atoms with Gasteiger partial charge in [-0.05, 0) is 18.4 Å². The van der Waals surface area contributed by atoms with E-state index < -0.39 is 0 Å². The second-order valence-corrected chi connectivity index (χ2v) is 4.40. The molecule has 1 unspecified atom stereocenters. The zero-order valence-corrected chi connectivity index (χ0v) is 11.1. The molecule has 0 aliphatic heterocycles. The molecule has 1 aromatic carbocycles. The molecule has 96 valence electrons. The average Bonchev–Trinajstić information content (AvgIpc) is 2.43. The largest absolute Gasteiger partial charge is 0.295 e. The minimum atomic E-state index is -0.188. The van der Waals surface area contributed by atoms with E-state index in [4.69, 9.17) is 5.26 Å². The molecule has 18 heavy (non-hydrogen) atoms. The SMILES string of the molecule is CCCCC/C=C/C(C#N)NCc1ccccc1. The molecule has 1 rings (SSSR count). The van der Waals surface area contributed by atoms with Gasteiger partial charge >= 0.3 is 0 Å². The van der Waals surface area contributed by atoms with Crippen molar-refractivity contribution in [1.82, 2.24) is 5.32 Å². The first kappa shape index (κ1) is 14.5. The first-order chi connectivity index (χ1) is 8.86. The quantitative estimate of drug-likeness (QED) is 0.556. The number of nitriles is 1. The number of unbranched alkanes of at least 4 members (excludes halogenated alkanes) is 3. The van der Waals surface area contributed by atoms with Gasteiger partial charge in [-0.2, -0.15) is 5.26 Å². The third kappa shape index (κ3) is 6.22. The number of rotatable bonds is 8. The molecule has 1 atom stereocenters. The van der Waals surface area contributed by atoms with Crippen molar-refractivity contribution < 1.29 is 0 Å². The fourth-order valence-electron chi connectivity index (χ4n) is 1.72. The lowest BCUT2D eigenvalue weighted by Gasteiger charge is -2.07. The van der Waals surface area contributed by atoms with Crippen LogP contribution >= 0.6 is 0 Å². The zero-order valence-electron chi connectivity index (χ0n) is 11.1. The lowest BCUT2D eigenvalue weighted by molar-refractivity contribution is 0.677. The molecule has 0 heterocycles. The van der Waals surface area contributed by atoms with Crippen LogP contribution in [0.1, 0.15) is 38.2 Å². The Morgan fingerprint density at radius 1 is 1.28 bits per heavy atom. The summed E-state index contributed by atoms with van der Waals surface area (Å²) >= 11 is 0. The molecular formula is C16H22N2. The van der Waals surface area contributed by atoms with Crippen LogP contribution < -0.4 is 5.32 Å². The highest BCUT2D eigenvalue weighted by Crippen LogP contribution is 2.01. The molecule has 0 amide bonds. The van der Waals surface area contributed by atoms with Gasteiger partial charge in [0.1, 0.15) is 6.04 Å². The molecule has 2 nitrogen and oxygen atoms in total. The van der Waals surface area contributed by atoms with Crippen LogP contribution in [0.25, 0.3) is 0 Å². The van der Waals surface area contributed by atoms with Crippen LogP contribution in [0, 0.1) is 11.3 Å². The van der Waals surface area contributed by atoms with Gasteiger partial charge in [0.25, 0.3) is 0 Å². The predicted molar refractivity (Wildman–Crippen MR) is 76.0 cm³/mol. The summed E-state index contributed by atoms with van der Waals surface area (Å²) in [6.45, 7) is 2.93. The van der Waals surface area contributed by atoms with Crippen LogP contribution in [0.3, 0.4) is 0 Å². The van der Waals surface area contributed by atoms with Crippen molar-refractivity contribution in [2.75, 3.05) is 0 Å². The Morgan fingerprint density at radius 2 is 2.06 bits per heavy atom. The van der Waals surface area contributed by atoms with Crippen LogP contribution in [0.2, 0.25) is 0 Å². The van der Waals surface area contributed by atoms with Crippen molar-refractivity contribution >= 4 is 0 Å². The second-order valence-electron chi connectivity index (χ2n) is 4.40. The highest BCUT2D eigenvalue weighted by molar-refractivity contribution is 5.15. The van der Waals surface area contributed by atoms with Crippen molar-refractivity contribution in [1.29, 1.82) is 5.26 Å². The summed E-state index contributed by atoms with van der Waals surface area (Å²) in [6, 6.07) is 12.2. The smallest absolute Gasteiger partial charge is 0.114 e. The fraction of sp³-hybridized carbons (Fsp3) is 0.438. The van der Waals surface area contributed by atoms with Gasteiger partial charge in [-0.3, -0.25) is 5.32 Å². The molecule has 0 radical (unpaired) electrons. The van der Waals surface area contributed by atoms with Gasteiger partial charge in [-0.25, -0.2) is 0 Å². The molecule has 0 saturated carbocycles. The predicted octanol–water partition coefficient (Wildman–Crippen LogP) is 3.80. The second kappa shape index (κ2) is 9.44. The van der Waals surface area contributed by atoms with E-state index in [2.05, 4.69) is 36.5 Å². The van der Waals surface area contributed by atoms with Crippen molar-refractivity contribution in [3.05, 3.63) is 48.0 Å². The van der Waals surface area contributed by atoms with E-state index >= 15 is 0 Å². The molecule has 0 aliphatic rings. The standard InChI is InChI=1S/C16H22N2/c1-2-3-4-5-9-12-16(13-17)18-14-15-10-7-6-8-11-15/h6-12,16,18H,2-5,14H2,1H3/b12-9+. The van der Waals surface area contributed by atoms with E-state index in [0.717, 1.165) is 13.0 Å². The highest BCUT2D eigenvalue weighted by atomic mass is 14.9. The van der Waals surface area contributed by atoms with Crippen molar-refractivity contribution in [3.63, 3.8) is 0 Å². The number of hydrogen-bond donors (Lipinski definition) is 1. The zero-order chi connectivity index (χ0) is 13.1. The number of hydrogen-bond acceptors (Lipinski definition) is 2. The normalized spacial score (nSPS) is 12.4. The Balaban J connectivity index is 2.28. The van der Waals surface area contributed by atoms with Gasteiger partial charge in [0.05, 0.1) is 6.07 Å². The number of nitrogens with one attached hydrogen (secondary N) is 1. The van der Waals surface area contributed by atoms with Gasteiger partial charge < -0.3 is 0 Å². The summed E-state index contributed by atoms with van der Waals surface area (Å²) in [5.41, 5.74) is 1.21. The monoisotopic (exact) mass is 242 g/mol. The summed E-state index contributed by atoms with van der Waals surface area (Å²) in [5.74, 6) is 0. The molecule has 0 aromatic heterocycles. The maximum absolute atomic E-state index is 9.04. The summed E-state index contributed by atoms with van der Waals surface area (Å²) in [6.07, 6.45) is 8.86. The Labute approximate surface area is 110 Å². The minimum absolute atomic E-state index is 0.188. The molecule has 1 N–H and O–H groups in total. The van der Waals surface area contributed by atoms with Gasteiger partial charge in [-0.15, -0.1) is 0 Å². The van der Waals surface area contributed by atoms with Crippen LogP contribution in [0.5, 0.6) is 0 Å². The average molecular weight is 242 g/mol. The Hall–Kier alpha value is -1.59. The van der Waals surface area contributed by atoms with Crippen molar-refractivity contribution in [2.45, 2.75) is 45.2 Å². The van der Waals surface area contributed by atoms with Crippen LogP contribution in [0.4, 0.5) is 0 Å². The molecule has 2 heteroatoms. The van der Waals surface area contributed by atoms with Crippen molar-refractivity contribution in [2.24, 2.45) is 0 Å². The molecule has 0 spiro atoms. The van der Waals surface area contributed by atoms with Crippen LogP contribution in [0.15, 0.2) is 42.5 Å². The summed E-state index contributed by atoms with van der Waals surface area (Å²) in [5, 5.41) is 12.3. The topological polar surface area (TPSA) is 35.8 Å². The summed E-state index contributed by atoms with van der Waals surface area (Å²) in [4.78, 5) is 0. The molecule has 1 aromatic rings. The maximum atomic E-state index is 9.04. The molecule has 0 saturated heterocycles. The van der Waals surface area contributed by atoms with E-state index in [-0.39, 0.29) is 6.04 Å². The van der Waals surface area contributed by atoms with Gasteiger partial charge in [0.2, 0.25) is 0 Å². The third-order valence-corrected chi connectivity index (χ3v) is 2.81. The Morgan fingerprint density at radius 3 is 2.72 bits per heavy atom. The summed E-state index contributed by atoms with van der Waals surface area (Å²) < 4.78 is 0. The number of benzene rings is 1. The minimum Gasteiger partial charge on any atom is -0.295 e. The first-order valence-corrected chi connectivity index (χ1v) is 6.70. The van der Waals surface area contributed by atoms with E-state index in [1.807, 2.05) is 24.3 Å². The molecule has 0 aliphatic carbocycles. The van der Waals surface area contributed by atoms with Crippen LogP contribution in [-0.4, -0.2) is 6.04 Å². The molecule has 0 fully saturated rings. The van der Waals surface area contributed by atoms with Gasteiger partial charge in [0.15, 0.2) is 0 Å². The highest BCUT2D eigenvalue weighted by Gasteiger charge is 2.00. The number of nitrogens with zero attached hydrogens (tertiary/aromatic N) is 1. The lowest BCUT2D eigenvalue weighted by Crippen LogP contribution is -2.24. The van der Waals surface area contributed by atoms with Gasteiger partial charge in [-0.1, -0.05) is 62.2 Å². The van der Waals surface area contributed by atoms with Gasteiger partial charge in [0, 0.05) is 6.54 Å². The first-order valence-electron chi connectivity index (χ1n) is 6.70. The molecule has 0 bridgehead atoms. The number of allylic oxidation sites excluding steroid dienone is 1. The maximum Gasteiger partial charge on any atom is 0.114 e. The fourth-order valence-corrected chi connectivity index (χ4v) is 1.72. The summed E-state index contributed by atoms with van der Waals surface area (Å²) in [7, 11) is 0. The Kier molecular flexibility index (Phi) is 7.59. The van der Waals surface area contributed by atoms with Crippen molar-refractivity contribution in [3.8, 4) is 6.07 Å². The van der Waals surface area contributed by atoms with E-state index in [1.165, 1.54) is 24.8 Å². The third-order valence-electron chi connectivity index (χ3n) is 2.81. The van der Waals surface area contributed by atoms with E-state index in [0.29, 0.717) is 0 Å². The lowest BCUT2D eigenvalue weighted by atomic mass is 10.1. The van der Waals surface area contributed by atoms with E-state index in [1.54, 1.807) is 0 Å². The van der Waals surface area contributed by atoms with E-state index in [9.17, 15) is 0 Å². The molecular weight excluding hydrogens is 220 g/mol. The Bertz CT molecular complexity index is 376.